The Kier molecular flexibility index (Phi) is 5.38. The van der Waals surface area contributed by atoms with E-state index >= 15 is 0 Å². The van der Waals surface area contributed by atoms with Crippen LogP contribution in [0.1, 0.15) is 40.9 Å². The van der Waals surface area contributed by atoms with Gasteiger partial charge in [0.25, 0.3) is 11.5 Å². The molecule has 0 spiro atoms. The lowest BCUT2D eigenvalue weighted by molar-refractivity contribution is -0.139. The molecule has 1 amide bonds. The summed E-state index contributed by atoms with van der Waals surface area (Å²) in [5.41, 5.74) is 3.22. The second-order valence-electron chi connectivity index (χ2n) is 7.68. The molecule has 2 aromatic rings. The Morgan fingerprint density at radius 1 is 1.03 bits per heavy atom. The van der Waals surface area contributed by atoms with Gasteiger partial charge in [-0.3, -0.25) is 9.59 Å². The third-order valence-corrected chi connectivity index (χ3v) is 5.80. The second kappa shape index (κ2) is 8.11. The summed E-state index contributed by atoms with van der Waals surface area (Å²) in [6.45, 7) is 1.56. The van der Waals surface area contributed by atoms with E-state index in [-0.39, 0.29) is 12.1 Å². The van der Waals surface area contributed by atoms with Crippen LogP contribution in [0.5, 0.6) is 0 Å². The molecule has 29 heavy (non-hydrogen) atoms. The van der Waals surface area contributed by atoms with Gasteiger partial charge in [0, 0.05) is 37.1 Å². The lowest BCUT2D eigenvalue weighted by atomic mass is 10.0. The summed E-state index contributed by atoms with van der Waals surface area (Å²) in [4.78, 5) is 38.9. The molecule has 2 aliphatic heterocycles. The van der Waals surface area contributed by atoms with Gasteiger partial charge >= 0.3 is 5.97 Å². The highest BCUT2D eigenvalue weighted by molar-refractivity contribution is 5.97. The molecule has 7 nitrogen and oxygen atoms in total. The van der Waals surface area contributed by atoms with Gasteiger partial charge < -0.3 is 19.9 Å². The molecule has 0 fully saturated rings. The molecule has 1 unspecified atom stereocenters. The van der Waals surface area contributed by atoms with Crippen molar-refractivity contribution in [1.82, 2.24) is 9.88 Å². The molecule has 7 heteroatoms. The summed E-state index contributed by atoms with van der Waals surface area (Å²) < 4.78 is 1.63. The number of nitrogens with one attached hydrogen (secondary N) is 1. The number of aromatic nitrogens is 1. The molecule has 0 aliphatic carbocycles. The fourth-order valence-electron chi connectivity index (χ4n) is 4.35. The van der Waals surface area contributed by atoms with Crippen LogP contribution in [0.3, 0.4) is 0 Å². The van der Waals surface area contributed by atoms with E-state index in [2.05, 4.69) is 11.4 Å². The predicted octanol–water partition coefficient (Wildman–Crippen LogP) is 1.82. The molecular formula is C22H25N3O4. The van der Waals surface area contributed by atoms with Crippen LogP contribution in [0, 0.1) is 0 Å². The van der Waals surface area contributed by atoms with Crippen LogP contribution in [-0.4, -0.2) is 40.7 Å². The first kappa shape index (κ1) is 19.2. The van der Waals surface area contributed by atoms with Crippen molar-refractivity contribution in [2.75, 3.05) is 18.0 Å². The number of amides is 1. The van der Waals surface area contributed by atoms with Crippen LogP contribution in [0.4, 0.5) is 5.69 Å². The Balaban J connectivity index is 1.55. The average molecular weight is 395 g/mol. The number of aliphatic carboxylic acids is 1. The molecular weight excluding hydrogens is 370 g/mol. The van der Waals surface area contributed by atoms with E-state index in [1.165, 1.54) is 17.7 Å². The van der Waals surface area contributed by atoms with Crippen molar-refractivity contribution in [2.24, 2.45) is 0 Å². The van der Waals surface area contributed by atoms with Crippen LogP contribution in [0.2, 0.25) is 0 Å². The van der Waals surface area contributed by atoms with E-state index in [9.17, 15) is 19.5 Å². The van der Waals surface area contributed by atoms with E-state index in [1.807, 2.05) is 23.1 Å². The minimum Gasteiger partial charge on any atom is -0.480 e. The minimum absolute atomic E-state index is 0.115. The number of carbonyl (C=O) groups is 2. The summed E-state index contributed by atoms with van der Waals surface area (Å²) in [6.07, 6.45) is 4.39. The number of hydrogen-bond donors (Lipinski definition) is 2. The monoisotopic (exact) mass is 395 g/mol. The van der Waals surface area contributed by atoms with Gasteiger partial charge in [-0.1, -0.05) is 18.2 Å². The number of para-hydroxylation sites is 1. The second-order valence-corrected chi connectivity index (χ2v) is 7.68. The van der Waals surface area contributed by atoms with E-state index in [1.54, 1.807) is 4.57 Å². The molecule has 1 aromatic carbocycles. The van der Waals surface area contributed by atoms with Crippen molar-refractivity contribution in [2.45, 2.75) is 44.7 Å². The van der Waals surface area contributed by atoms with Crippen molar-refractivity contribution < 1.29 is 14.7 Å². The molecule has 0 saturated carbocycles. The molecule has 2 N–H and O–H groups in total. The highest BCUT2D eigenvalue weighted by Gasteiger charge is 2.28. The van der Waals surface area contributed by atoms with E-state index in [4.69, 9.17) is 0 Å². The van der Waals surface area contributed by atoms with Gasteiger partial charge in [-0.05, 0) is 49.8 Å². The van der Waals surface area contributed by atoms with Gasteiger partial charge in [0.15, 0.2) is 0 Å². The number of carbonyl (C=O) groups excluding carboxylic acids is 1. The third kappa shape index (κ3) is 3.90. The third-order valence-electron chi connectivity index (χ3n) is 5.80. The van der Waals surface area contributed by atoms with Crippen molar-refractivity contribution >= 4 is 17.6 Å². The first-order valence-electron chi connectivity index (χ1n) is 10.1. The Bertz CT molecular complexity index is 998. The number of carboxylic acid groups (broad SMARTS) is 1. The molecule has 152 valence electrons. The highest BCUT2D eigenvalue weighted by atomic mass is 16.4. The number of benzene rings is 1. The molecule has 1 atom stereocenters. The quantitative estimate of drug-likeness (QED) is 0.806. The highest BCUT2D eigenvalue weighted by Crippen LogP contribution is 2.26. The predicted molar refractivity (Wildman–Crippen MR) is 110 cm³/mol. The number of anilines is 1. The number of rotatable bonds is 5. The molecule has 3 heterocycles. The number of carboxylic acids is 1. The molecule has 2 aliphatic rings. The van der Waals surface area contributed by atoms with Gasteiger partial charge in [0.1, 0.15) is 6.04 Å². The summed E-state index contributed by atoms with van der Waals surface area (Å²) in [7, 11) is 0. The van der Waals surface area contributed by atoms with Crippen molar-refractivity contribution in [1.29, 1.82) is 0 Å². The maximum Gasteiger partial charge on any atom is 0.328 e. The fourth-order valence-corrected chi connectivity index (χ4v) is 4.35. The Morgan fingerprint density at radius 3 is 2.69 bits per heavy atom. The number of pyridine rings is 1. The normalized spacial score (nSPS) is 16.5. The van der Waals surface area contributed by atoms with Crippen LogP contribution in [0.25, 0.3) is 0 Å². The number of hydrogen-bond acceptors (Lipinski definition) is 4. The average Bonchev–Trinajstić information content (AvgIpc) is 2.74. The van der Waals surface area contributed by atoms with Gasteiger partial charge in [0.2, 0.25) is 0 Å². The van der Waals surface area contributed by atoms with E-state index in [0.29, 0.717) is 24.2 Å². The number of nitrogens with zero attached hydrogens (tertiary/aromatic N) is 2. The number of fused-ring (bicyclic) bond motifs is 2. The van der Waals surface area contributed by atoms with Crippen molar-refractivity contribution in [3.05, 3.63) is 63.6 Å². The van der Waals surface area contributed by atoms with Gasteiger partial charge in [0.05, 0.1) is 5.56 Å². The zero-order valence-electron chi connectivity index (χ0n) is 16.3. The molecule has 1 aromatic heterocycles. The Hall–Kier alpha value is -3.09. The van der Waals surface area contributed by atoms with Crippen LogP contribution in [0.15, 0.2) is 41.2 Å². The molecule has 4 rings (SSSR count). The lowest BCUT2D eigenvalue weighted by Gasteiger charge is -2.33. The minimum atomic E-state index is -1.07. The largest absolute Gasteiger partial charge is 0.480 e. The number of aryl methyl sites for hydroxylation is 1. The molecule has 0 saturated heterocycles. The summed E-state index contributed by atoms with van der Waals surface area (Å²) in [5.74, 6) is -1.50. The van der Waals surface area contributed by atoms with E-state index < -0.39 is 17.9 Å². The summed E-state index contributed by atoms with van der Waals surface area (Å²) in [5, 5.41) is 12.4. The summed E-state index contributed by atoms with van der Waals surface area (Å²) in [6, 6.07) is 9.85. The Morgan fingerprint density at radius 2 is 1.86 bits per heavy atom. The maximum absolute atomic E-state index is 12.9. The van der Waals surface area contributed by atoms with E-state index in [0.717, 1.165) is 37.9 Å². The van der Waals surface area contributed by atoms with Crippen molar-refractivity contribution in [3.63, 3.8) is 0 Å². The summed E-state index contributed by atoms with van der Waals surface area (Å²) >= 11 is 0. The topological polar surface area (TPSA) is 91.6 Å². The van der Waals surface area contributed by atoms with Crippen LogP contribution < -0.4 is 15.8 Å². The van der Waals surface area contributed by atoms with Gasteiger partial charge in [-0.2, -0.15) is 0 Å². The van der Waals surface area contributed by atoms with Crippen molar-refractivity contribution in [3.8, 4) is 0 Å². The zero-order chi connectivity index (χ0) is 20.4. The van der Waals surface area contributed by atoms with Gasteiger partial charge in [-0.15, -0.1) is 0 Å². The maximum atomic E-state index is 12.9. The van der Waals surface area contributed by atoms with Crippen LogP contribution >= 0.6 is 0 Å². The van der Waals surface area contributed by atoms with Gasteiger partial charge in [-0.25, -0.2) is 4.79 Å². The van der Waals surface area contributed by atoms with Crippen LogP contribution in [-0.2, 0) is 24.2 Å². The first-order valence-corrected chi connectivity index (χ1v) is 10.1. The SMILES string of the molecule is O=C(NC(CN1CCCc2ccccc21)C(=O)O)c1ccc(=O)n2c1CCCC2. The molecule has 0 bridgehead atoms. The smallest absolute Gasteiger partial charge is 0.328 e. The Labute approximate surface area is 169 Å². The standard InChI is InChI=1S/C22H25N3O4/c26-20-11-10-16(19-9-3-4-13-25(19)20)21(27)23-17(22(28)29)14-24-12-5-7-15-6-1-2-8-18(15)24/h1-2,6,8,10-11,17H,3-5,7,9,12-14H2,(H,23,27)(H,28,29). The lowest BCUT2D eigenvalue weighted by Crippen LogP contribution is -2.50. The fraction of sp³-hybridized carbons (Fsp3) is 0.409. The zero-order valence-corrected chi connectivity index (χ0v) is 16.3. The molecule has 0 radical (unpaired) electrons. The first-order chi connectivity index (χ1) is 14.0.